The van der Waals surface area contributed by atoms with E-state index in [0.29, 0.717) is 18.1 Å². The van der Waals surface area contributed by atoms with E-state index in [0.717, 1.165) is 76.5 Å². The lowest BCUT2D eigenvalue weighted by Gasteiger charge is -2.41. The summed E-state index contributed by atoms with van der Waals surface area (Å²) in [6, 6.07) is 10.2. The molecule has 6 nitrogen and oxygen atoms in total. The summed E-state index contributed by atoms with van der Waals surface area (Å²) in [4.78, 5) is 20.2. The van der Waals surface area contributed by atoms with E-state index in [1.807, 2.05) is 0 Å². The maximum Gasteiger partial charge on any atom is 0.225 e. The van der Waals surface area contributed by atoms with Crippen LogP contribution >= 0.6 is 0 Å². The normalized spacial score (nSPS) is 24.7. The number of fused-ring (bicyclic) bond motifs is 1. The van der Waals surface area contributed by atoms with Crippen LogP contribution in [0.3, 0.4) is 0 Å². The molecule has 6 heteroatoms. The number of rotatable bonds is 5. The van der Waals surface area contributed by atoms with Crippen molar-refractivity contribution in [2.75, 3.05) is 46.3 Å². The summed E-state index contributed by atoms with van der Waals surface area (Å²) >= 11 is 0. The molecule has 0 spiro atoms. The Labute approximate surface area is 210 Å². The molecular weight excluding hydrogens is 436 g/mol. The van der Waals surface area contributed by atoms with Gasteiger partial charge < -0.3 is 24.0 Å². The van der Waals surface area contributed by atoms with Crippen molar-refractivity contribution in [3.63, 3.8) is 0 Å². The van der Waals surface area contributed by atoms with Crippen molar-refractivity contribution in [2.24, 2.45) is 5.92 Å². The summed E-state index contributed by atoms with van der Waals surface area (Å²) < 4.78 is 8.86. The summed E-state index contributed by atoms with van der Waals surface area (Å²) in [6.07, 6.45) is 13.2. The van der Waals surface area contributed by atoms with Gasteiger partial charge in [0.15, 0.2) is 0 Å². The maximum atomic E-state index is 13.0. The van der Waals surface area contributed by atoms with Gasteiger partial charge in [0.25, 0.3) is 0 Å². The van der Waals surface area contributed by atoms with E-state index in [-0.39, 0.29) is 5.92 Å². The predicted molar refractivity (Wildman–Crippen MR) is 140 cm³/mol. The minimum atomic E-state index is 0.235. The molecule has 2 aromatic rings. The summed E-state index contributed by atoms with van der Waals surface area (Å²) in [5.41, 5.74) is 1.29. The average molecular weight is 479 g/mol. The van der Waals surface area contributed by atoms with Crippen LogP contribution in [-0.2, 0) is 4.79 Å². The molecule has 0 atom stereocenters. The van der Waals surface area contributed by atoms with E-state index in [1.165, 1.54) is 43.3 Å². The van der Waals surface area contributed by atoms with Gasteiger partial charge in [-0.15, -0.1) is 0 Å². The Morgan fingerprint density at radius 2 is 1.57 bits per heavy atom. The topological polar surface area (TPSA) is 41.0 Å². The highest BCUT2D eigenvalue weighted by molar-refractivity contribution is 5.82. The standard InChI is InChI=1S/C29H42N4O2/c1-30-14-7-22(8-15-30)29(34)32-16-10-25(11-17-32)33-20-9-23-21-27(5-6-28(23)33)35-26-12-18-31(19-13-26)24-3-2-4-24/h5-6,9,20-22,24-26H,2-4,7-8,10-19H2,1H3. The molecule has 1 aromatic heterocycles. The lowest BCUT2D eigenvalue weighted by Crippen LogP contribution is -2.46. The van der Waals surface area contributed by atoms with Crippen LogP contribution in [0.1, 0.15) is 63.8 Å². The van der Waals surface area contributed by atoms with Crippen LogP contribution in [0.5, 0.6) is 5.75 Å². The summed E-state index contributed by atoms with van der Waals surface area (Å²) in [6.45, 7) is 6.24. The minimum absolute atomic E-state index is 0.235. The number of carbonyl (C=O) groups excluding carboxylic acids is 1. The van der Waals surface area contributed by atoms with Gasteiger partial charge in [-0.25, -0.2) is 0 Å². The third-order valence-corrected chi connectivity index (χ3v) is 9.30. The average Bonchev–Trinajstić information content (AvgIpc) is 3.28. The number of aromatic nitrogens is 1. The molecule has 35 heavy (non-hydrogen) atoms. The van der Waals surface area contributed by atoms with E-state index < -0.39 is 0 Å². The Hall–Kier alpha value is -2.05. The molecule has 0 N–H and O–H groups in total. The van der Waals surface area contributed by atoms with Crippen LogP contribution in [0.4, 0.5) is 0 Å². The molecule has 3 saturated heterocycles. The van der Waals surface area contributed by atoms with Crippen molar-refractivity contribution in [1.82, 2.24) is 19.3 Å². The van der Waals surface area contributed by atoms with Gasteiger partial charge in [-0.05, 0) is 95.8 Å². The van der Waals surface area contributed by atoms with Crippen molar-refractivity contribution >= 4 is 16.8 Å². The number of likely N-dealkylation sites (tertiary alicyclic amines) is 3. The third-order valence-electron chi connectivity index (χ3n) is 9.30. The van der Waals surface area contributed by atoms with Crippen LogP contribution < -0.4 is 4.74 Å². The molecule has 3 aliphatic heterocycles. The van der Waals surface area contributed by atoms with Gasteiger partial charge in [-0.3, -0.25) is 4.79 Å². The summed E-state index contributed by atoms with van der Waals surface area (Å²) in [7, 11) is 2.15. The van der Waals surface area contributed by atoms with Crippen LogP contribution in [0, 0.1) is 5.92 Å². The lowest BCUT2D eigenvalue weighted by molar-refractivity contribution is -0.138. The van der Waals surface area contributed by atoms with Gasteiger partial charge in [0.05, 0.1) is 0 Å². The lowest BCUT2D eigenvalue weighted by atomic mass is 9.90. The second-order valence-corrected chi connectivity index (χ2v) is 11.5. The summed E-state index contributed by atoms with van der Waals surface area (Å²) in [5.74, 6) is 1.64. The number of benzene rings is 1. The van der Waals surface area contributed by atoms with Crippen molar-refractivity contribution in [2.45, 2.75) is 76.0 Å². The fourth-order valence-electron chi connectivity index (χ4n) is 6.72. The highest BCUT2D eigenvalue weighted by Crippen LogP contribution is 2.32. The van der Waals surface area contributed by atoms with Crippen molar-refractivity contribution < 1.29 is 9.53 Å². The zero-order chi connectivity index (χ0) is 23.8. The van der Waals surface area contributed by atoms with Gasteiger partial charge in [-0.1, -0.05) is 6.42 Å². The maximum absolute atomic E-state index is 13.0. The molecule has 4 aliphatic rings. The largest absolute Gasteiger partial charge is 0.490 e. The quantitative estimate of drug-likeness (QED) is 0.633. The van der Waals surface area contributed by atoms with Crippen LogP contribution in [0.25, 0.3) is 10.9 Å². The number of piperidine rings is 3. The predicted octanol–water partition coefficient (Wildman–Crippen LogP) is 4.54. The first-order valence-electron chi connectivity index (χ1n) is 14.1. The van der Waals surface area contributed by atoms with Gasteiger partial charge in [0.2, 0.25) is 5.91 Å². The van der Waals surface area contributed by atoms with E-state index in [9.17, 15) is 4.79 Å². The second-order valence-electron chi connectivity index (χ2n) is 11.5. The van der Waals surface area contributed by atoms with Crippen molar-refractivity contribution in [3.8, 4) is 5.75 Å². The Kier molecular flexibility index (Phi) is 6.76. The first-order chi connectivity index (χ1) is 17.1. The smallest absolute Gasteiger partial charge is 0.225 e. The Bertz CT molecular complexity index is 1010. The number of hydrogen-bond donors (Lipinski definition) is 0. The van der Waals surface area contributed by atoms with Crippen LogP contribution in [-0.4, -0.2) is 83.6 Å². The Morgan fingerprint density at radius 1 is 0.829 bits per heavy atom. The zero-order valence-electron chi connectivity index (χ0n) is 21.4. The first-order valence-corrected chi connectivity index (χ1v) is 14.1. The molecule has 0 unspecified atom stereocenters. The Morgan fingerprint density at radius 3 is 2.26 bits per heavy atom. The molecule has 4 fully saturated rings. The number of nitrogens with zero attached hydrogens (tertiary/aromatic N) is 4. The number of amides is 1. The van der Waals surface area contributed by atoms with E-state index in [2.05, 4.69) is 56.8 Å². The first kappa shape index (κ1) is 23.4. The van der Waals surface area contributed by atoms with E-state index in [4.69, 9.17) is 4.74 Å². The molecule has 1 saturated carbocycles. The van der Waals surface area contributed by atoms with Gasteiger partial charge >= 0.3 is 0 Å². The zero-order valence-corrected chi connectivity index (χ0v) is 21.4. The number of hydrogen-bond acceptors (Lipinski definition) is 4. The van der Waals surface area contributed by atoms with Gasteiger partial charge in [0.1, 0.15) is 11.9 Å². The Balaban J connectivity index is 1.03. The highest BCUT2D eigenvalue weighted by Gasteiger charge is 2.31. The SMILES string of the molecule is CN1CCC(C(=O)N2CCC(n3ccc4cc(OC5CCN(C6CCC6)CC5)ccc43)CC2)CC1. The number of carbonyl (C=O) groups is 1. The monoisotopic (exact) mass is 478 g/mol. The van der Waals surface area contributed by atoms with Crippen LogP contribution in [0.2, 0.25) is 0 Å². The van der Waals surface area contributed by atoms with Gasteiger partial charge in [-0.2, -0.15) is 0 Å². The second kappa shape index (κ2) is 10.1. The molecule has 6 rings (SSSR count). The third kappa shape index (κ3) is 4.97. The van der Waals surface area contributed by atoms with Gasteiger partial charge in [0, 0.05) is 61.3 Å². The van der Waals surface area contributed by atoms with E-state index >= 15 is 0 Å². The van der Waals surface area contributed by atoms with E-state index in [1.54, 1.807) is 0 Å². The minimum Gasteiger partial charge on any atom is -0.490 e. The molecular formula is C29H42N4O2. The van der Waals surface area contributed by atoms with Crippen LogP contribution in [0.15, 0.2) is 30.5 Å². The molecule has 4 heterocycles. The fourth-order valence-corrected chi connectivity index (χ4v) is 6.72. The molecule has 0 radical (unpaired) electrons. The number of ether oxygens (including phenoxy) is 1. The molecule has 1 amide bonds. The summed E-state index contributed by atoms with van der Waals surface area (Å²) in [5, 5.41) is 1.26. The molecule has 190 valence electrons. The fraction of sp³-hybridized carbons (Fsp3) is 0.690. The molecule has 1 aliphatic carbocycles. The van der Waals surface area contributed by atoms with Crippen molar-refractivity contribution in [3.05, 3.63) is 30.5 Å². The molecule has 0 bridgehead atoms. The highest BCUT2D eigenvalue weighted by atomic mass is 16.5. The van der Waals surface area contributed by atoms with Crippen molar-refractivity contribution in [1.29, 1.82) is 0 Å². The molecule has 1 aromatic carbocycles.